The molecule has 3 rings (SSSR count). The van der Waals surface area contributed by atoms with Gasteiger partial charge in [-0.3, -0.25) is 0 Å². The predicted molar refractivity (Wildman–Crippen MR) is 140 cm³/mol. The number of hydrogen-bond acceptors (Lipinski definition) is 7. The van der Waals surface area contributed by atoms with Gasteiger partial charge in [-0.05, 0) is 74.9 Å². The first kappa shape index (κ1) is 28.3. The fraction of sp³-hybridized carbons (Fsp3) is 0.517. The molecule has 0 aliphatic heterocycles. The van der Waals surface area contributed by atoms with Crippen LogP contribution in [0.25, 0.3) is 0 Å². The number of amides is 1. The number of fused-ring (bicyclic) bond motifs is 1. The Kier molecular flexibility index (Phi) is 9.43. The highest BCUT2D eigenvalue weighted by molar-refractivity contribution is 5.81. The van der Waals surface area contributed by atoms with Crippen LogP contribution in [0.5, 0.6) is 11.5 Å². The van der Waals surface area contributed by atoms with Crippen LogP contribution < -0.4 is 14.8 Å². The minimum absolute atomic E-state index is 0.0661. The van der Waals surface area contributed by atoms with E-state index in [-0.39, 0.29) is 5.92 Å². The lowest BCUT2D eigenvalue weighted by Gasteiger charge is -2.23. The summed E-state index contributed by atoms with van der Waals surface area (Å²) in [5, 5.41) is 2.68. The van der Waals surface area contributed by atoms with Crippen molar-refractivity contribution < 1.29 is 33.3 Å². The van der Waals surface area contributed by atoms with E-state index in [9.17, 15) is 9.59 Å². The zero-order chi connectivity index (χ0) is 27.2. The first-order valence-electron chi connectivity index (χ1n) is 12.6. The second-order valence-corrected chi connectivity index (χ2v) is 10.1. The number of methoxy groups -OCH3 is 3. The van der Waals surface area contributed by atoms with E-state index in [2.05, 4.69) is 11.4 Å². The van der Waals surface area contributed by atoms with Crippen LogP contribution in [-0.2, 0) is 38.5 Å². The fourth-order valence-electron chi connectivity index (χ4n) is 4.87. The minimum Gasteiger partial charge on any atom is -0.496 e. The van der Waals surface area contributed by atoms with Gasteiger partial charge in [0.25, 0.3) is 0 Å². The summed E-state index contributed by atoms with van der Waals surface area (Å²) >= 11 is 0. The third-order valence-electron chi connectivity index (χ3n) is 6.39. The first-order chi connectivity index (χ1) is 17.6. The van der Waals surface area contributed by atoms with Crippen LogP contribution in [0.15, 0.2) is 30.3 Å². The minimum atomic E-state index is -0.868. The topological polar surface area (TPSA) is 92.3 Å². The maximum Gasteiger partial charge on any atom is 0.408 e. The lowest BCUT2D eigenvalue weighted by Crippen LogP contribution is -2.45. The van der Waals surface area contributed by atoms with Gasteiger partial charge in [-0.15, -0.1) is 0 Å². The monoisotopic (exact) mass is 513 g/mol. The van der Waals surface area contributed by atoms with Crippen LogP contribution in [0.4, 0.5) is 4.79 Å². The summed E-state index contributed by atoms with van der Waals surface area (Å²) in [6.07, 6.45) is 1.33. The molecule has 2 aromatic rings. The molecule has 2 atom stereocenters. The number of rotatable bonds is 10. The van der Waals surface area contributed by atoms with Gasteiger partial charge in [0.15, 0.2) is 0 Å². The summed E-state index contributed by atoms with van der Waals surface area (Å²) in [6, 6.07) is 9.23. The molecule has 0 saturated carbocycles. The summed E-state index contributed by atoms with van der Waals surface area (Å²) in [5.41, 5.74) is 4.61. The molecule has 0 fully saturated rings. The quantitative estimate of drug-likeness (QED) is 0.451. The van der Waals surface area contributed by atoms with Crippen molar-refractivity contribution in [3.05, 3.63) is 58.1 Å². The lowest BCUT2D eigenvalue weighted by molar-refractivity contribution is -0.143. The predicted octanol–water partition coefficient (Wildman–Crippen LogP) is 4.93. The smallest absolute Gasteiger partial charge is 0.408 e. The molecule has 1 amide bonds. The molecule has 0 radical (unpaired) electrons. The number of carbonyl (C=O) groups excluding carboxylic acids is 2. The number of hydrogen-bond donors (Lipinski definition) is 1. The number of esters is 1. The van der Waals surface area contributed by atoms with Gasteiger partial charge in [0.1, 0.15) is 23.1 Å². The number of alkyl carbamates (subject to hydrolysis) is 1. The molecule has 1 aliphatic carbocycles. The van der Waals surface area contributed by atoms with Gasteiger partial charge in [0.05, 0.1) is 27.9 Å². The molecular weight excluding hydrogens is 474 g/mol. The molecule has 0 bridgehead atoms. The molecule has 37 heavy (non-hydrogen) atoms. The second-order valence-electron chi connectivity index (χ2n) is 10.1. The van der Waals surface area contributed by atoms with Crippen LogP contribution in [0.1, 0.15) is 67.9 Å². The molecule has 0 spiro atoms. The highest BCUT2D eigenvalue weighted by Crippen LogP contribution is 2.47. The van der Waals surface area contributed by atoms with Crippen molar-refractivity contribution in [2.45, 2.75) is 71.1 Å². The molecule has 2 aromatic carbocycles. The van der Waals surface area contributed by atoms with Crippen molar-refractivity contribution in [3.8, 4) is 11.5 Å². The van der Waals surface area contributed by atoms with Crippen LogP contribution in [0, 0.1) is 0 Å². The molecule has 0 aromatic heterocycles. The Hall–Kier alpha value is -3.26. The van der Waals surface area contributed by atoms with Crippen molar-refractivity contribution in [1.82, 2.24) is 5.32 Å². The molecule has 0 unspecified atom stereocenters. The van der Waals surface area contributed by atoms with Gasteiger partial charge in [-0.1, -0.05) is 18.2 Å². The van der Waals surface area contributed by atoms with E-state index in [4.69, 9.17) is 23.7 Å². The van der Waals surface area contributed by atoms with Crippen LogP contribution in [0.2, 0.25) is 0 Å². The zero-order valence-electron chi connectivity index (χ0n) is 22.9. The van der Waals surface area contributed by atoms with Gasteiger partial charge in [0.2, 0.25) is 0 Å². The Labute approximate surface area is 219 Å². The van der Waals surface area contributed by atoms with Gasteiger partial charge in [-0.2, -0.15) is 0 Å². The van der Waals surface area contributed by atoms with Crippen LogP contribution in [0.3, 0.4) is 0 Å². The molecule has 8 heteroatoms. The Morgan fingerprint density at radius 1 is 1.08 bits per heavy atom. The van der Waals surface area contributed by atoms with Gasteiger partial charge < -0.3 is 29.0 Å². The molecule has 0 saturated heterocycles. The van der Waals surface area contributed by atoms with Gasteiger partial charge in [-0.25, -0.2) is 9.59 Å². The Balaban J connectivity index is 1.93. The average Bonchev–Trinajstić information content (AvgIpc) is 3.29. The number of ether oxygens (including phenoxy) is 5. The molecule has 202 valence electrons. The van der Waals surface area contributed by atoms with E-state index in [1.54, 1.807) is 35.0 Å². The standard InChI is InChI=1S/C29H39NO7/c1-8-36-17-18-14-24(33-5)26(25(15-18)34-6)22-13-12-20-19(10-9-11-21(20)22)16-23(27(31)35-7)30-28(32)37-29(2,3)4/h9-11,14-15,22-23H,8,12-13,16-17H2,1-7H3,(H,30,32)/t22-,23-/m0/s1. The first-order valence-corrected chi connectivity index (χ1v) is 12.6. The van der Waals surface area contributed by atoms with Crippen molar-refractivity contribution in [1.29, 1.82) is 0 Å². The summed E-state index contributed by atoms with van der Waals surface area (Å²) < 4.78 is 27.5. The maximum absolute atomic E-state index is 12.5. The zero-order valence-corrected chi connectivity index (χ0v) is 22.9. The summed E-state index contributed by atoms with van der Waals surface area (Å²) in [4.78, 5) is 24.9. The third-order valence-corrected chi connectivity index (χ3v) is 6.39. The van der Waals surface area contributed by atoms with E-state index < -0.39 is 23.7 Å². The van der Waals surface area contributed by atoms with E-state index in [0.717, 1.165) is 52.2 Å². The largest absolute Gasteiger partial charge is 0.496 e. The van der Waals surface area contributed by atoms with E-state index >= 15 is 0 Å². The van der Waals surface area contributed by atoms with Crippen molar-refractivity contribution in [2.24, 2.45) is 0 Å². The third kappa shape index (κ3) is 6.95. The van der Waals surface area contributed by atoms with Crippen LogP contribution in [-0.4, -0.2) is 51.6 Å². The Bertz CT molecular complexity index is 1080. The normalized spacial score (nSPS) is 15.5. The number of nitrogens with one attached hydrogen (secondary N) is 1. The number of carbonyl (C=O) groups is 2. The molecular formula is C29H39NO7. The number of benzene rings is 2. The molecule has 1 aliphatic rings. The SMILES string of the molecule is CCOCc1cc(OC)c([C@H]2CCc3c(C[C@H](NC(=O)OC(C)(C)C)C(=O)OC)cccc32)c(OC)c1. The Morgan fingerprint density at radius 3 is 2.32 bits per heavy atom. The van der Waals surface area contributed by atoms with Crippen molar-refractivity contribution >= 4 is 12.1 Å². The average molecular weight is 514 g/mol. The van der Waals surface area contributed by atoms with Gasteiger partial charge >= 0.3 is 12.1 Å². The molecule has 8 nitrogen and oxygen atoms in total. The van der Waals surface area contributed by atoms with E-state index in [1.807, 2.05) is 31.2 Å². The summed E-state index contributed by atoms with van der Waals surface area (Å²) in [5.74, 6) is 1.07. The fourth-order valence-corrected chi connectivity index (χ4v) is 4.87. The Morgan fingerprint density at radius 2 is 1.76 bits per heavy atom. The van der Waals surface area contributed by atoms with Crippen molar-refractivity contribution in [3.63, 3.8) is 0 Å². The highest BCUT2D eigenvalue weighted by Gasteiger charge is 2.33. The molecule has 0 heterocycles. The van der Waals surface area contributed by atoms with Gasteiger partial charge in [0, 0.05) is 24.5 Å². The summed E-state index contributed by atoms with van der Waals surface area (Å²) in [6.45, 7) is 8.39. The highest BCUT2D eigenvalue weighted by atomic mass is 16.6. The molecule has 1 N–H and O–H groups in total. The van der Waals surface area contributed by atoms with E-state index in [0.29, 0.717) is 19.6 Å². The lowest BCUT2D eigenvalue weighted by atomic mass is 9.89. The second kappa shape index (κ2) is 12.3. The van der Waals surface area contributed by atoms with Crippen LogP contribution >= 0.6 is 0 Å². The maximum atomic E-state index is 12.5. The summed E-state index contributed by atoms with van der Waals surface area (Å²) in [7, 11) is 4.64. The van der Waals surface area contributed by atoms with E-state index in [1.165, 1.54) is 7.11 Å². The van der Waals surface area contributed by atoms with Crippen molar-refractivity contribution in [2.75, 3.05) is 27.9 Å².